The van der Waals surface area contributed by atoms with E-state index in [1.54, 1.807) is 0 Å². The minimum Gasteiger partial charge on any atom is -0.425 e. The van der Waals surface area contributed by atoms with E-state index in [9.17, 15) is 22.4 Å². The summed E-state index contributed by atoms with van der Waals surface area (Å²) in [6, 6.07) is 0.406. The SMILES string of the molecule is C=CC(=O)OC(C#N)(C(F)(F)Cl)C(F)(F)Cl. The van der Waals surface area contributed by atoms with Gasteiger partial charge in [0.1, 0.15) is 6.07 Å². The molecule has 0 fully saturated rings. The molecule has 0 aromatic rings. The van der Waals surface area contributed by atoms with E-state index in [1.807, 2.05) is 0 Å². The smallest absolute Gasteiger partial charge is 0.381 e. The van der Waals surface area contributed by atoms with E-state index in [-0.39, 0.29) is 0 Å². The number of esters is 1. The topological polar surface area (TPSA) is 50.1 Å². The van der Waals surface area contributed by atoms with Gasteiger partial charge in [-0.1, -0.05) is 6.58 Å². The molecule has 0 aliphatic rings. The molecule has 0 heterocycles. The zero-order valence-corrected chi connectivity index (χ0v) is 8.83. The Kier molecular flexibility index (Phi) is 4.19. The zero-order valence-electron chi connectivity index (χ0n) is 7.32. The van der Waals surface area contributed by atoms with Gasteiger partial charge < -0.3 is 4.74 Å². The van der Waals surface area contributed by atoms with Gasteiger partial charge in [-0.05, 0) is 23.2 Å². The number of ether oxygens (including phenoxy) is 1. The highest BCUT2D eigenvalue weighted by atomic mass is 35.5. The minimum absolute atomic E-state index is 0.303. The molecule has 0 bridgehead atoms. The van der Waals surface area contributed by atoms with Gasteiger partial charge in [-0.3, -0.25) is 0 Å². The molecule has 90 valence electrons. The van der Waals surface area contributed by atoms with Gasteiger partial charge in [0.25, 0.3) is 0 Å². The van der Waals surface area contributed by atoms with E-state index in [1.165, 1.54) is 0 Å². The Morgan fingerprint density at radius 2 is 1.69 bits per heavy atom. The monoisotopic (exact) mass is 279 g/mol. The number of carbonyl (C=O) groups is 1. The van der Waals surface area contributed by atoms with E-state index in [0.717, 1.165) is 0 Å². The van der Waals surface area contributed by atoms with Gasteiger partial charge in [-0.2, -0.15) is 22.8 Å². The Labute approximate surface area is 97.2 Å². The lowest BCUT2D eigenvalue weighted by Crippen LogP contribution is -2.57. The molecule has 9 heteroatoms. The predicted molar refractivity (Wildman–Crippen MR) is 46.2 cm³/mol. The van der Waals surface area contributed by atoms with Crippen molar-refractivity contribution in [2.24, 2.45) is 0 Å². The van der Waals surface area contributed by atoms with Crippen LogP contribution in [0.4, 0.5) is 17.6 Å². The van der Waals surface area contributed by atoms with Crippen molar-refractivity contribution in [3.05, 3.63) is 12.7 Å². The molecular weight excluding hydrogens is 277 g/mol. The van der Waals surface area contributed by atoms with Crippen LogP contribution in [-0.2, 0) is 9.53 Å². The van der Waals surface area contributed by atoms with Crippen molar-refractivity contribution in [2.45, 2.75) is 16.4 Å². The Hall–Kier alpha value is -1.00. The van der Waals surface area contributed by atoms with Crippen LogP contribution in [0.1, 0.15) is 0 Å². The molecule has 0 N–H and O–H groups in total. The predicted octanol–water partition coefficient (Wildman–Crippen LogP) is 2.64. The lowest BCUT2D eigenvalue weighted by atomic mass is 10.1. The Bertz CT molecular complexity index is 328. The summed E-state index contributed by atoms with van der Waals surface area (Å²) < 4.78 is 54.4. The summed E-state index contributed by atoms with van der Waals surface area (Å²) in [6.07, 6.45) is 0.303. The van der Waals surface area contributed by atoms with Crippen molar-refractivity contribution in [3.8, 4) is 6.07 Å². The first-order chi connectivity index (χ1) is 7.02. The third-order valence-electron chi connectivity index (χ3n) is 1.38. The Balaban J connectivity index is 5.61. The number of nitrogens with zero attached hydrogens (tertiary/aromatic N) is 1. The number of rotatable bonds is 4. The average molecular weight is 280 g/mol. The number of hydrogen-bond acceptors (Lipinski definition) is 3. The van der Waals surface area contributed by atoms with Crippen LogP contribution in [0.3, 0.4) is 0 Å². The molecule has 0 unspecified atom stereocenters. The Morgan fingerprint density at radius 1 is 1.31 bits per heavy atom. The average Bonchev–Trinajstić information content (AvgIpc) is 2.09. The summed E-state index contributed by atoms with van der Waals surface area (Å²) in [5.74, 6) is -1.69. The molecule has 0 saturated carbocycles. The van der Waals surface area contributed by atoms with Gasteiger partial charge in [0.05, 0.1) is 0 Å². The van der Waals surface area contributed by atoms with E-state index in [2.05, 4.69) is 34.5 Å². The molecule has 0 radical (unpaired) electrons. The van der Waals surface area contributed by atoms with Gasteiger partial charge in [0, 0.05) is 6.08 Å². The maximum Gasteiger partial charge on any atom is 0.381 e. The number of halogens is 6. The van der Waals surface area contributed by atoms with Crippen molar-refractivity contribution in [3.63, 3.8) is 0 Å². The quantitative estimate of drug-likeness (QED) is 0.344. The maximum absolute atomic E-state index is 12.7. The van der Waals surface area contributed by atoms with Crippen molar-refractivity contribution in [1.82, 2.24) is 0 Å². The highest BCUT2D eigenvalue weighted by Crippen LogP contribution is 2.48. The summed E-state index contributed by atoms with van der Waals surface area (Å²) >= 11 is 8.62. The van der Waals surface area contributed by atoms with Crippen LogP contribution in [0, 0.1) is 11.3 Å². The van der Waals surface area contributed by atoms with Crippen molar-refractivity contribution in [2.75, 3.05) is 0 Å². The Morgan fingerprint density at radius 3 is 1.88 bits per heavy atom. The second-order valence-corrected chi connectivity index (χ2v) is 3.36. The number of carbonyl (C=O) groups excluding carboxylic acids is 1. The number of hydrogen-bond donors (Lipinski definition) is 0. The second kappa shape index (κ2) is 4.47. The molecule has 0 aliphatic carbocycles. The first-order valence-corrected chi connectivity index (χ1v) is 4.17. The van der Waals surface area contributed by atoms with Crippen LogP contribution >= 0.6 is 23.2 Å². The van der Waals surface area contributed by atoms with E-state index >= 15 is 0 Å². The van der Waals surface area contributed by atoms with Gasteiger partial charge >= 0.3 is 22.3 Å². The van der Waals surface area contributed by atoms with Crippen molar-refractivity contribution in [1.29, 1.82) is 5.26 Å². The molecule has 0 atom stereocenters. The van der Waals surface area contributed by atoms with Crippen molar-refractivity contribution >= 4 is 29.2 Å². The van der Waals surface area contributed by atoms with Crippen LogP contribution in [0.25, 0.3) is 0 Å². The van der Waals surface area contributed by atoms with E-state index in [0.29, 0.717) is 12.1 Å². The highest BCUT2D eigenvalue weighted by molar-refractivity contribution is 6.27. The maximum atomic E-state index is 12.7. The van der Waals surface area contributed by atoms with Gasteiger partial charge in [-0.25, -0.2) is 4.79 Å². The molecule has 0 amide bonds. The van der Waals surface area contributed by atoms with Crippen LogP contribution in [-0.4, -0.2) is 22.3 Å². The third-order valence-corrected chi connectivity index (χ3v) is 1.91. The van der Waals surface area contributed by atoms with Crippen LogP contribution in [0.5, 0.6) is 0 Å². The summed E-state index contributed by atoms with van der Waals surface area (Å²) in [5.41, 5.74) is -4.31. The van der Waals surface area contributed by atoms with Crippen LogP contribution < -0.4 is 0 Å². The standard InChI is InChI=1S/C7H3Cl2F4NO2/c1-2-4(15)16-5(3-14,6(8,10)11)7(9,12)13/h2H,1H2. The normalized spacial score (nSPS) is 12.8. The summed E-state index contributed by atoms with van der Waals surface area (Å²) in [4.78, 5) is 10.6. The number of nitriles is 1. The van der Waals surface area contributed by atoms with Gasteiger partial charge in [0.2, 0.25) is 0 Å². The summed E-state index contributed by atoms with van der Waals surface area (Å²) in [7, 11) is 0. The largest absolute Gasteiger partial charge is 0.425 e. The molecule has 0 rings (SSSR count). The molecular formula is C7H3Cl2F4NO2. The van der Waals surface area contributed by atoms with E-state index < -0.39 is 22.3 Å². The fourth-order valence-electron chi connectivity index (χ4n) is 0.619. The molecule has 16 heavy (non-hydrogen) atoms. The first-order valence-electron chi connectivity index (χ1n) is 3.42. The molecule has 3 nitrogen and oxygen atoms in total. The lowest BCUT2D eigenvalue weighted by Gasteiger charge is -2.32. The molecule has 0 saturated heterocycles. The zero-order chi connectivity index (χ0) is 13.2. The molecule has 0 aromatic carbocycles. The minimum atomic E-state index is -4.88. The van der Waals surface area contributed by atoms with Crippen LogP contribution in [0.2, 0.25) is 0 Å². The first kappa shape index (κ1) is 15.0. The van der Waals surface area contributed by atoms with Crippen LogP contribution in [0.15, 0.2) is 12.7 Å². The number of alkyl halides is 6. The van der Waals surface area contributed by atoms with Gasteiger partial charge in [-0.15, -0.1) is 0 Å². The molecule has 0 aliphatic heterocycles. The lowest BCUT2D eigenvalue weighted by molar-refractivity contribution is -0.211. The summed E-state index contributed by atoms with van der Waals surface area (Å²) in [6.45, 7) is 2.78. The van der Waals surface area contributed by atoms with E-state index in [4.69, 9.17) is 5.26 Å². The molecule has 0 aromatic heterocycles. The van der Waals surface area contributed by atoms with Gasteiger partial charge in [0.15, 0.2) is 0 Å². The summed E-state index contributed by atoms with van der Waals surface area (Å²) in [5, 5.41) is -1.46. The highest BCUT2D eigenvalue weighted by Gasteiger charge is 2.72. The third kappa shape index (κ3) is 2.57. The fraction of sp³-hybridized carbons (Fsp3) is 0.429. The second-order valence-electron chi connectivity index (χ2n) is 2.41. The van der Waals surface area contributed by atoms with Crippen molar-refractivity contribution < 1.29 is 27.1 Å². The molecule has 0 spiro atoms. The fourth-order valence-corrected chi connectivity index (χ4v) is 1.07.